The van der Waals surface area contributed by atoms with Gasteiger partial charge in [-0.1, -0.05) is 23.7 Å². The van der Waals surface area contributed by atoms with Gasteiger partial charge >= 0.3 is 0 Å². The van der Waals surface area contributed by atoms with Gasteiger partial charge in [-0.25, -0.2) is 0 Å². The number of hydrogen-bond donors (Lipinski definition) is 0. The van der Waals surface area contributed by atoms with E-state index in [1.807, 2.05) is 30.5 Å². The zero-order valence-electron chi connectivity index (χ0n) is 13.1. The molecule has 1 unspecified atom stereocenters. The summed E-state index contributed by atoms with van der Waals surface area (Å²) in [5.74, 6) is 1.51. The fraction of sp³-hybridized carbons (Fsp3) is 0.278. The van der Waals surface area contributed by atoms with Crippen LogP contribution in [0.1, 0.15) is 16.7 Å². The molecule has 0 aromatic heterocycles. The van der Waals surface area contributed by atoms with E-state index in [2.05, 4.69) is 17.1 Å². The lowest BCUT2D eigenvalue weighted by Crippen LogP contribution is -2.18. The van der Waals surface area contributed by atoms with Crippen molar-refractivity contribution in [3.05, 3.63) is 58.1 Å². The van der Waals surface area contributed by atoms with Crippen molar-refractivity contribution in [3.8, 4) is 11.5 Å². The highest BCUT2D eigenvalue weighted by molar-refractivity contribution is 8.93. The Morgan fingerprint density at radius 3 is 2.39 bits per heavy atom. The molecule has 23 heavy (non-hydrogen) atoms. The van der Waals surface area contributed by atoms with Gasteiger partial charge in [0.1, 0.15) is 0 Å². The van der Waals surface area contributed by atoms with Crippen LogP contribution >= 0.6 is 28.6 Å². The molecule has 2 aromatic carbocycles. The summed E-state index contributed by atoms with van der Waals surface area (Å²) in [6, 6.07) is 12.2. The second-order valence-electron chi connectivity index (χ2n) is 5.37. The highest BCUT2D eigenvalue weighted by Gasteiger charge is 2.18. The Morgan fingerprint density at radius 1 is 1.09 bits per heavy atom. The van der Waals surface area contributed by atoms with Crippen molar-refractivity contribution >= 4 is 34.8 Å². The Bertz CT molecular complexity index is 701. The van der Waals surface area contributed by atoms with Gasteiger partial charge in [0.05, 0.1) is 20.3 Å². The van der Waals surface area contributed by atoms with Crippen LogP contribution in [0.5, 0.6) is 11.5 Å². The van der Waals surface area contributed by atoms with Gasteiger partial charge in [0.2, 0.25) is 0 Å². The molecule has 122 valence electrons. The van der Waals surface area contributed by atoms with Gasteiger partial charge in [-0.2, -0.15) is 0 Å². The van der Waals surface area contributed by atoms with Gasteiger partial charge in [-0.15, -0.1) is 17.0 Å². The topological polar surface area (TPSA) is 30.8 Å². The number of rotatable bonds is 4. The van der Waals surface area contributed by atoms with Crippen molar-refractivity contribution in [1.29, 1.82) is 0 Å². The SMILES string of the molecule is Br.COc1cc2c(cc1OC)CC(Cc1ccc(Cl)cc1)N=C2. The molecule has 1 aliphatic heterocycles. The summed E-state index contributed by atoms with van der Waals surface area (Å²) in [6.45, 7) is 0. The van der Waals surface area contributed by atoms with E-state index in [9.17, 15) is 0 Å². The first-order valence-corrected chi connectivity index (χ1v) is 7.60. The number of benzene rings is 2. The molecule has 0 amide bonds. The average molecular weight is 397 g/mol. The van der Waals surface area contributed by atoms with Gasteiger partial charge in [-0.05, 0) is 53.8 Å². The number of hydrogen-bond acceptors (Lipinski definition) is 3. The molecule has 0 fully saturated rings. The molecule has 0 saturated heterocycles. The average Bonchev–Trinajstić information content (AvgIpc) is 2.55. The highest BCUT2D eigenvalue weighted by atomic mass is 79.9. The van der Waals surface area contributed by atoms with Crippen LogP contribution in [0, 0.1) is 0 Å². The molecule has 0 spiro atoms. The van der Waals surface area contributed by atoms with E-state index >= 15 is 0 Å². The molecule has 0 N–H and O–H groups in total. The van der Waals surface area contributed by atoms with Crippen molar-refractivity contribution in [3.63, 3.8) is 0 Å². The fourth-order valence-electron chi connectivity index (χ4n) is 2.74. The van der Waals surface area contributed by atoms with E-state index in [4.69, 9.17) is 21.1 Å². The molecule has 3 nitrogen and oxygen atoms in total. The maximum atomic E-state index is 5.93. The zero-order valence-corrected chi connectivity index (χ0v) is 15.6. The summed E-state index contributed by atoms with van der Waals surface area (Å²) in [6.07, 6.45) is 3.73. The minimum absolute atomic E-state index is 0. The highest BCUT2D eigenvalue weighted by Crippen LogP contribution is 2.32. The molecule has 1 atom stereocenters. The van der Waals surface area contributed by atoms with Gasteiger partial charge in [-0.3, -0.25) is 4.99 Å². The third kappa shape index (κ3) is 4.06. The van der Waals surface area contributed by atoms with Gasteiger partial charge in [0.25, 0.3) is 0 Å². The summed E-state index contributed by atoms with van der Waals surface area (Å²) < 4.78 is 10.7. The molecule has 5 heteroatoms. The van der Waals surface area contributed by atoms with Gasteiger partial charge < -0.3 is 9.47 Å². The number of fused-ring (bicyclic) bond motifs is 1. The fourth-order valence-corrected chi connectivity index (χ4v) is 2.87. The van der Waals surface area contributed by atoms with E-state index in [0.717, 1.165) is 34.9 Å². The van der Waals surface area contributed by atoms with Crippen LogP contribution in [0.2, 0.25) is 5.02 Å². The second-order valence-corrected chi connectivity index (χ2v) is 5.81. The quantitative estimate of drug-likeness (QED) is 0.760. The van der Waals surface area contributed by atoms with E-state index < -0.39 is 0 Å². The first-order chi connectivity index (χ1) is 10.7. The van der Waals surface area contributed by atoms with Crippen molar-refractivity contribution in [2.75, 3.05) is 14.2 Å². The molecule has 0 saturated carbocycles. The number of aliphatic imine (C=N–C) groups is 1. The molecular weight excluding hydrogens is 378 g/mol. The lowest BCUT2D eigenvalue weighted by molar-refractivity contribution is 0.354. The van der Waals surface area contributed by atoms with Crippen LogP contribution < -0.4 is 9.47 Å². The monoisotopic (exact) mass is 395 g/mol. The summed E-state index contributed by atoms with van der Waals surface area (Å²) >= 11 is 5.93. The second kappa shape index (κ2) is 7.84. The summed E-state index contributed by atoms with van der Waals surface area (Å²) in [7, 11) is 3.31. The lowest BCUT2D eigenvalue weighted by atomic mass is 9.93. The standard InChI is InChI=1S/C18H18ClNO2.BrH/c1-21-17-9-13-8-16(7-12-3-5-15(19)6-4-12)20-11-14(13)10-18(17)22-2;/h3-6,9-11,16H,7-8H2,1-2H3;1H. The minimum atomic E-state index is 0. The molecule has 0 radical (unpaired) electrons. The molecule has 3 rings (SSSR count). The van der Waals surface area contributed by atoms with Crippen LogP contribution in [0.15, 0.2) is 41.4 Å². The van der Waals surface area contributed by atoms with E-state index in [1.165, 1.54) is 11.1 Å². The lowest BCUT2D eigenvalue weighted by Gasteiger charge is -2.21. The Balaban J connectivity index is 0.00000192. The normalized spacial score (nSPS) is 15.5. The zero-order chi connectivity index (χ0) is 15.5. The van der Waals surface area contributed by atoms with Crippen molar-refractivity contribution < 1.29 is 9.47 Å². The maximum Gasteiger partial charge on any atom is 0.161 e. The number of methoxy groups -OCH3 is 2. The van der Waals surface area contributed by atoms with Crippen LogP contribution in [0.4, 0.5) is 0 Å². The molecule has 0 aliphatic carbocycles. The largest absolute Gasteiger partial charge is 0.493 e. The van der Waals surface area contributed by atoms with Crippen LogP contribution in [0.3, 0.4) is 0 Å². The summed E-state index contributed by atoms with van der Waals surface area (Å²) in [5.41, 5.74) is 3.59. The molecule has 2 aromatic rings. The number of nitrogens with zero attached hydrogens (tertiary/aromatic N) is 1. The first-order valence-electron chi connectivity index (χ1n) is 7.22. The molecule has 1 heterocycles. The van der Waals surface area contributed by atoms with Gasteiger partial charge in [0, 0.05) is 11.2 Å². The van der Waals surface area contributed by atoms with Gasteiger partial charge in [0.15, 0.2) is 11.5 Å². The van der Waals surface area contributed by atoms with Crippen LogP contribution in [-0.4, -0.2) is 26.5 Å². The van der Waals surface area contributed by atoms with E-state index in [0.29, 0.717) is 0 Å². The maximum absolute atomic E-state index is 5.93. The van der Waals surface area contributed by atoms with Crippen LogP contribution in [0.25, 0.3) is 0 Å². The third-order valence-corrected chi connectivity index (χ3v) is 4.16. The Morgan fingerprint density at radius 2 is 1.74 bits per heavy atom. The Kier molecular flexibility index (Phi) is 6.08. The first kappa shape index (κ1) is 17.8. The smallest absolute Gasteiger partial charge is 0.161 e. The number of ether oxygens (including phenoxy) is 2. The minimum Gasteiger partial charge on any atom is -0.493 e. The van der Waals surface area contributed by atoms with Crippen molar-refractivity contribution in [2.24, 2.45) is 4.99 Å². The predicted octanol–water partition coefficient (Wildman–Crippen LogP) is 4.52. The van der Waals surface area contributed by atoms with E-state index in [-0.39, 0.29) is 23.0 Å². The molecule has 1 aliphatic rings. The van der Waals surface area contributed by atoms with Crippen LogP contribution in [-0.2, 0) is 12.8 Å². The molecule has 0 bridgehead atoms. The Labute approximate surface area is 152 Å². The number of halogens is 2. The summed E-state index contributed by atoms with van der Waals surface area (Å²) in [4.78, 5) is 4.67. The predicted molar refractivity (Wildman–Crippen MR) is 100 cm³/mol. The molecular formula is C18H19BrClNO2. The third-order valence-electron chi connectivity index (χ3n) is 3.91. The summed E-state index contributed by atoms with van der Waals surface area (Å²) in [5, 5.41) is 0.762. The van der Waals surface area contributed by atoms with Crippen molar-refractivity contribution in [1.82, 2.24) is 0 Å². The van der Waals surface area contributed by atoms with E-state index in [1.54, 1.807) is 14.2 Å². The van der Waals surface area contributed by atoms with Crippen molar-refractivity contribution in [2.45, 2.75) is 18.9 Å². The Hall–Kier alpha value is -1.52.